The summed E-state index contributed by atoms with van der Waals surface area (Å²) in [5.41, 5.74) is 0.854. The monoisotopic (exact) mass is 385 g/mol. The Kier molecular flexibility index (Phi) is 7.65. The molecule has 2 N–H and O–H groups in total. The molecule has 3 rings (SSSR count). The maximum Gasteiger partial charge on any atom is 0.191 e. The molecule has 1 aliphatic heterocycles. The number of fused-ring (bicyclic) bond motifs is 1. The molecule has 7 heteroatoms. The first-order valence-electron chi connectivity index (χ1n) is 10.7. The van der Waals surface area contributed by atoms with Crippen LogP contribution in [0.4, 0.5) is 0 Å². The van der Waals surface area contributed by atoms with Gasteiger partial charge in [-0.05, 0) is 56.7 Å². The van der Waals surface area contributed by atoms with Crippen molar-refractivity contribution in [3.8, 4) is 0 Å². The summed E-state index contributed by atoms with van der Waals surface area (Å²) in [7, 11) is 0. The number of hydrogen-bond acceptors (Lipinski definition) is 4. The van der Waals surface area contributed by atoms with Gasteiger partial charge in [-0.2, -0.15) is 0 Å². The number of guanidine groups is 1. The first-order valence-corrected chi connectivity index (χ1v) is 10.7. The molecule has 1 fully saturated rings. The molecular weight excluding hydrogens is 350 g/mol. The zero-order valence-electron chi connectivity index (χ0n) is 17.6. The summed E-state index contributed by atoms with van der Waals surface area (Å²) >= 11 is 0. The van der Waals surface area contributed by atoms with Crippen molar-refractivity contribution >= 4 is 11.6 Å². The molecule has 0 saturated carbocycles. The molecule has 2 aromatic rings. The van der Waals surface area contributed by atoms with Gasteiger partial charge >= 0.3 is 0 Å². The van der Waals surface area contributed by atoms with Crippen LogP contribution in [0.15, 0.2) is 29.4 Å². The number of piperidine rings is 1. The van der Waals surface area contributed by atoms with Gasteiger partial charge in [-0.3, -0.25) is 4.40 Å². The van der Waals surface area contributed by atoms with Gasteiger partial charge < -0.3 is 15.5 Å². The summed E-state index contributed by atoms with van der Waals surface area (Å²) in [6, 6.07) is 5.90. The van der Waals surface area contributed by atoms with E-state index in [-0.39, 0.29) is 0 Å². The molecule has 7 nitrogen and oxygen atoms in total. The van der Waals surface area contributed by atoms with Crippen LogP contribution in [-0.4, -0.2) is 58.2 Å². The Morgan fingerprint density at radius 1 is 1.14 bits per heavy atom. The minimum Gasteiger partial charge on any atom is -0.357 e. The minimum absolute atomic E-state index is 0.504. The van der Waals surface area contributed by atoms with Crippen molar-refractivity contribution in [1.82, 2.24) is 30.1 Å². The van der Waals surface area contributed by atoms with Gasteiger partial charge in [0.2, 0.25) is 0 Å². The van der Waals surface area contributed by atoms with Crippen LogP contribution in [0.5, 0.6) is 0 Å². The number of aromatic nitrogens is 3. The van der Waals surface area contributed by atoms with Crippen molar-refractivity contribution in [1.29, 1.82) is 0 Å². The van der Waals surface area contributed by atoms with Crippen molar-refractivity contribution in [3.05, 3.63) is 30.2 Å². The Labute approximate surface area is 168 Å². The van der Waals surface area contributed by atoms with Gasteiger partial charge in [0.15, 0.2) is 17.4 Å². The van der Waals surface area contributed by atoms with Crippen molar-refractivity contribution in [2.45, 2.75) is 46.6 Å². The van der Waals surface area contributed by atoms with Crippen LogP contribution >= 0.6 is 0 Å². The van der Waals surface area contributed by atoms with Crippen LogP contribution in [0.3, 0.4) is 0 Å². The van der Waals surface area contributed by atoms with E-state index in [0.717, 1.165) is 48.8 Å². The standard InChI is InChI=1S/C21H35N7/c1-4-22-21(24-14-20-26-25-19-9-5-7-12-28(19)20)23-10-6-8-11-27-15-17(2)13-18(3)16-27/h5,7,9,12,17-18H,4,6,8,10-11,13-16H2,1-3H3,(H2,22,23,24). The summed E-state index contributed by atoms with van der Waals surface area (Å²) in [6.45, 7) is 12.8. The third kappa shape index (κ3) is 5.92. The highest BCUT2D eigenvalue weighted by Gasteiger charge is 2.20. The Morgan fingerprint density at radius 2 is 1.96 bits per heavy atom. The van der Waals surface area contributed by atoms with E-state index in [1.807, 2.05) is 28.8 Å². The van der Waals surface area contributed by atoms with E-state index in [2.05, 4.69) is 51.5 Å². The molecule has 2 unspecified atom stereocenters. The van der Waals surface area contributed by atoms with Gasteiger partial charge in [0.25, 0.3) is 0 Å². The minimum atomic E-state index is 0.504. The third-order valence-electron chi connectivity index (χ3n) is 5.25. The second kappa shape index (κ2) is 10.4. The molecule has 1 aliphatic rings. The number of aliphatic imine (C=N–C) groups is 1. The van der Waals surface area contributed by atoms with Crippen LogP contribution in [0.2, 0.25) is 0 Å². The smallest absolute Gasteiger partial charge is 0.191 e. The van der Waals surface area contributed by atoms with Gasteiger partial charge in [0.1, 0.15) is 6.54 Å². The molecule has 0 bridgehead atoms. The van der Waals surface area contributed by atoms with Crippen molar-refractivity contribution in [2.24, 2.45) is 16.8 Å². The van der Waals surface area contributed by atoms with E-state index < -0.39 is 0 Å². The van der Waals surface area contributed by atoms with Gasteiger partial charge in [-0.15, -0.1) is 10.2 Å². The van der Waals surface area contributed by atoms with Crippen molar-refractivity contribution in [2.75, 3.05) is 32.7 Å². The molecule has 2 atom stereocenters. The van der Waals surface area contributed by atoms with E-state index in [1.54, 1.807) is 0 Å². The highest BCUT2D eigenvalue weighted by Crippen LogP contribution is 2.20. The fraction of sp³-hybridized carbons (Fsp3) is 0.667. The highest BCUT2D eigenvalue weighted by atomic mass is 15.3. The molecule has 28 heavy (non-hydrogen) atoms. The van der Waals surface area contributed by atoms with Crippen LogP contribution in [0, 0.1) is 11.8 Å². The zero-order valence-corrected chi connectivity index (χ0v) is 17.6. The third-order valence-corrected chi connectivity index (χ3v) is 5.25. The summed E-state index contributed by atoms with van der Waals surface area (Å²) < 4.78 is 1.98. The lowest BCUT2D eigenvalue weighted by atomic mass is 9.92. The van der Waals surface area contributed by atoms with E-state index >= 15 is 0 Å². The number of likely N-dealkylation sites (tertiary alicyclic amines) is 1. The van der Waals surface area contributed by atoms with Gasteiger partial charge in [-0.1, -0.05) is 19.9 Å². The van der Waals surface area contributed by atoms with E-state index in [9.17, 15) is 0 Å². The van der Waals surface area contributed by atoms with E-state index in [4.69, 9.17) is 0 Å². The second-order valence-corrected chi connectivity index (χ2v) is 8.08. The maximum atomic E-state index is 4.67. The summed E-state index contributed by atoms with van der Waals surface area (Å²) in [5.74, 6) is 3.36. The number of nitrogens with zero attached hydrogens (tertiary/aromatic N) is 5. The predicted molar refractivity (Wildman–Crippen MR) is 114 cm³/mol. The van der Waals surface area contributed by atoms with Crippen LogP contribution in [0.25, 0.3) is 5.65 Å². The average molecular weight is 386 g/mol. The molecule has 0 aliphatic carbocycles. The van der Waals surface area contributed by atoms with Gasteiger partial charge in [0, 0.05) is 32.4 Å². The number of unbranched alkanes of at least 4 members (excludes halogenated alkanes) is 1. The Morgan fingerprint density at radius 3 is 2.75 bits per heavy atom. The highest BCUT2D eigenvalue weighted by molar-refractivity contribution is 5.79. The molecule has 0 spiro atoms. The summed E-state index contributed by atoms with van der Waals surface area (Å²) in [5, 5.41) is 15.2. The van der Waals surface area contributed by atoms with Crippen LogP contribution in [0.1, 0.15) is 45.9 Å². The lowest BCUT2D eigenvalue weighted by Crippen LogP contribution is -2.40. The maximum absolute atomic E-state index is 4.67. The lowest BCUT2D eigenvalue weighted by Gasteiger charge is -2.34. The predicted octanol–water partition coefficient (Wildman–Crippen LogP) is 2.54. The van der Waals surface area contributed by atoms with Crippen molar-refractivity contribution in [3.63, 3.8) is 0 Å². The fourth-order valence-corrected chi connectivity index (χ4v) is 4.13. The largest absolute Gasteiger partial charge is 0.357 e. The van der Waals surface area contributed by atoms with Gasteiger partial charge in [-0.25, -0.2) is 4.99 Å². The van der Waals surface area contributed by atoms with Gasteiger partial charge in [0.05, 0.1) is 0 Å². The Hall–Kier alpha value is -2.15. The first kappa shape index (κ1) is 20.6. The lowest BCUT2D eigenvalue weighted by molar-refractivity contribution is 0.139. The Bertz CT molecular complexity index is 744. The number of hydrogen-bond donors (Lipinski definition) is 2. The molecule has 154 valence electrons. The number of nitrogens with one attached hydrogen (secondary N) is 2. The molecule has 0 radical (unpaired) electrons. The molecule has 0 amide bonds. The quantitative estimate of drug-likeness (QED) is 0.415. The number of rotatable bonds is 8. The van der Waals surface area contributed by atoms with E-state index in [1.165, 1.54) is 32.5 Å². The molecule has 1 saturated heterocycles. The average Bonchev–Trinajstić information content (AvgIpc) is 3.08. The number of pyridine rings is 1. The molecule has 3 heterocycles. The Balaban J connectivity index is 1.42. The topological polar surface area (TPSA) is 69.8 Å². The fourth-order valence-electron chi connectivity index (χ4n) is 4.13. The molecular formula is C21H35N7. The normalized spacial score (nSPS) is 21.2. The van der Waals surface area contributed by atoms with Crippen molar-refractivity contribution < 1.29 is 0 Å². The molecule has 2 aromatic heterocycles. The summed E-state index contributed by atoms with van der Waals surface area (Å²) in [6.07, 6.45) is 5.73. The SMILES string of the molecule is CCNC(=NCc1nnc2ccccn12)NCCCCN1CC(C)CC(C)C1. The van der Waals surface area contributed by atoms with E-state index in [0.29, 0.717) is 6.54 Å². The molecule has 0 aromatic carbocycles. The van der Waals surface area contributed by atoms with Crippen LogP contribution < -0.4 is 10.6 Å². The zero-order chi connectivity index (χ0) is 19.8. The first-order chi connectivity index (χ1) is 13.7. The van der Waals surface area contributed by atoms with Crippen LogP contribution in [-0.2, 0) is 6.54 Å². The second-order valence-electron chi connectivity index (χ2n) is 8.08. The summed E-state index contributed by atoms with van der Waals surface area (Å²) in [4.78, 5) is 7.31.